The van der Waals surface area contributed by atoms with Gasteiger partial charge in [-0.25, -0.2) is 4.98 Å². The van der Waals surface area contributed by atoms with Gasteiger partial charge in [0.1, 0.15) is 13.2 Å². The van der Waals surface area contributed by atoms with Crippen LogP contribution in [0.25, 0.3) is 16.3 Å². The van der Waals surface area contributed by atoms with Crippen LogP contribution in [0.15, 0.2) is 30.3 Å². The van der Waals surface area contributed by atoms with Crippen molar-refractivity contribution in [2.24, 2.45) is 0 Å². The molecule has 1 amide bonds. The number of thiophene rings is 1. The number of hydrogen-bond donors (Lipinski definition) is 1. The molecule has 0 unspecified atom stereocenters. The van der Waals surface area contributed by atoms with Crippen molar-refractivity contribution in [1.29, 1.82) is 0 Å². The van der Waals surface area contributed by atoms with Gasteiger partial charge in [0, 0.05) is 29.2 Å². The number of fused-ring (bicyclic) bond motifs is 2. The minimum absolute atomic E-state index is 0.0321. The summed E-state index contributed by atoms with van der Waals surface area (Å²) in [6.07, 6.45) is 2.85. The van der Waals surface area contributed by atoms with Gasteiger partial charge in [-0.15, -0.1) is 0 Å². The summed E-state index contributed by atoms with van der Waals surface area (Å²) in [6, 6.07) is 6.63. The number of nitro groups is 1. The summed E-state index contributed by atoms with van der Waals surface area (Å²) in [5.74, 6) is 0.952. The molecule has 0 saturated carbocycles. The average molecular weight is 389 g/mol. The predicted octanol–water partition coefficient (Wildman–Crippen LogP) is 3.69. The fourth-order valence-corrected chi connectivity index (χ4v) is 3.96. The molecule has 1 aliphatic heterocycles. The van der Waals surface area contributed by atoms with E-state index in [2.05, 4.69) is 10.3 Å². The summed E-state index contributed by atoms with van der Waals surface area (Å²) in [5.41, 5.74) is 0.715. The van der Waals surface area contributed by atoms with E-state index in [4.69, 9.17) is 9.47 Å². The van der Waals surface area contributed by atoms with Gasteiger partial charge in [0.15, 0.2) is 16.6 Å². The zero-order valence-corrected chi connectivity index (χ0v) is 14.8. The maximum Gasteiger partial charge on any atom is 0.324 e. The second kappa shape index (κ2) is 6.73. The molecule has 0 saturated heterocycles. The Morgan fingerprint density at radius 3 is 2.73 bits per heavy atom. The quantitative estimate of drug-likeness (QED) is 0.415. The molecule has 26 heavy (non-hydrogen) atoms. The van der Waals surface area contributed by atoms with E-state index in [1.165, 1.54) is 29.6 Å². The molecule has 0 bridgehead atoms. The second-order valence-electron chi connectivity index (χ2n) is 5.24. The molecule has 1 aromatic carbocycles. The number of carbonyl (C=O) groups excluding carboxylic acids is 1. The molecule has 132 valence electrons. The molecule has 0 aliphatic carbocycles. The standard InChI is InChI=1S/C16H11N3O5S2/c20-14(3-1-9-2-4-15(25-9)19(21)22)18-16-17-10-7-11-12(8-13(10)26-16)24-6-5-23-11/h1-4,7-8H,5-6H2,(H,17,18,20)/b3-1+. The summed E-state index contributed by atoms with van der Waals surface area (Å²) < 4.78 is 11.9. The van der Waals surface area contributed by atoms with E-state index < -0.39 is 4.92 Å². The molecule has 1 aliphatic rings. The Bertz CT molecular complexity index is 997. The van der Waals surface area contributed by atoms with E-state index in [1.807, 2.05) is 6.07 Å². The molecule has 2 aromatic heterocycles. The van der Waals surface area contributed by atoms with E-state index in [0.717, 1.165) is 16.0 Å². The van der Waals surface area contributed by atoms with Crippen LogP contribution in [0.1, 0.15) is 4.88 Å². The Balaban J connectivity index is 1.48. The Morgan fingerprint density at radius 2 is 2.00 bits per heavy atom. The third-order valence-corrected chi connectivity index (χ3v) is 5.41. The Morgan fingerprint density at radius 1 is 1.23 bits per heavy atom. The highest BCUT2D eigenvalue weighted by atomic mass is 32.1. The van der Waals surface area contributed by atoms with Crippen molar-refractivity contribution < 1.29 is 19.2 Å². The topological polar surface area (TPSA) is 104 Å². The number of benzene rings is 1. The van der Waals surface area contributed by atoms with Gasteiger partial charge in [-0.05, 0) is 12.1 Å². The summed E-state index contributed by atoms with van der Waals surface area (Å²) >= 11 is 2.33. The number of thiazole rings is 1. The molecule has 0 radical (unpaired) electrons. The van der Waals surface area contributed by atoms with Gasteiger partial charge in [-0.2, -0.15) is 0 Å². The first-order chi connectivity index (χ1) is 12.6. The minimum atomic E-state index is -0.462. The molecule has 3 heterocycles. The smallest absolute Gasteiger partial charge is 0.324 e. The lowest BCUT2D eigenvalue weighted by Crippen LogP contribution is -2.15. The SMILES string of the molecule is O=C(/C=C/c1ccc([N+](=O)[O-])s1)Nc1nc2cc3c(cc2s1)OCCO3. The molecule has 8 nitrogen and oxygen atoms in total. The highest BCUT2D eigenvalue weighted by Crippen LogP contribution is 2.37. The zero-order chi connectivity index (χ0) is 18.1. The molecular formula is C16H11N3O5S2. The number of amides is 1. The Hall–Kier alpha value is -2.98. The van der Waals surface area contributed by atoms with Crippen LogP contribution in [0.2, 0.25) is 0 Å². The van der Waals surface area contributed by atoms with Gasteiger partial charge in [0.25, 0.3) is 0 Å². The molecule has 0 atom stereocenters. The number of anilines is 1. The maximum atomic E-state index is 12.0. The molecule has 1 N–H and O–H groups in total. The first-order valence-corrected chi connectivity index (χ1v) is 9.15. The highest BCUT2D eigenvalue weighted by Gasteiger charge is 2.15. The lowest BCUT2D eigenvalue weighted by molar-refractivity contribution is -0.380. The van der Waals surface area contributed by atoms with Crippen LogP contribution in [0.4, 0.5) is 10.1 Å². The number of aromatic nitrogens is 1. The summed E-state index contributed by atoms with van der Waals surface area (Å²) in [4.78, 5) is 27.2. The predicted molar refractivity (Wildman–Crippen MR) is 99.2 cm³/mol. The van der Waals surface area contributed by atoms with Gasteiger partial charge in [0.05, 0.1) is 15.1 Å². The molecule has 4 rings (SSSR count). The van der Waals surface area contributed by atoms with Crippen LogP contribution in [-0.2, 0) is 4.79 Å². The second-order valence-corrected chi connectivity index (χ2v) is 7.36. The minimum Gasteiger partial charge on any atom is -0.486 e. The van der Waals surface area contributed by atoms with E-state index in [-0.39, 0.29) is 10.9 Å². The lowest BCUT2D eigenvalue weighted by Gasteiger charge is -2.17. The number of ether oxygens (including phenoxy) is 2. The third-order valence-electron chi connectivity index (χ3n) is 3.47. The van der Waals surface area contributed by atoms with Crippen LogP contribution < -0.4 is 14.8 Å². The van der Waals surface area contributed by atoms with Crippen LogP contribution in [-0.4, -0.2) is 29.0 Å². The van der Waals surface area contributed by atoms with E-state index in [1.54, 1.807) is 12.1 Å². The third kappa shape index (κ3) is 3.37. The van der Waals surface area contributed by atoms with Crippen molar-refractivity contribution in [3.8, 4) is 11.5 Å². The van der Waals surface area contributed by atoms with Crippen molar-refractivity contribution in [2.75, 3.05) is 18.5 Å². The van der Waals surface area contributed by atoms with Gasteiger partial charge in [-0.3, -0.25) is 20.2 Å². The zero-order valence-electron chi connectivity index (χ0n) is 13.1. The van der Waals surface area contributed by atoms with Crippen molar-refractivity contribution in [1.82, 2.24) is 4.98 Å². The summed E-state index contributed by atoms with van der Waals surface area (Å²) in [6.45, 7) is 1.00. The number of rotatable bonds is 4. The number of nitrogens with zero attached hydrogens (tertiary/aromatic N) is 2. The summed E-state index contributed by atoms with van der Waals surface area (Å²) in [7, 11) is 0. The van der Waals surface area contributed by atoms with Crippen molar-refractivity contribution in [3.63, 3.8) is 0 Å². The lowest BCUT2D eigenvalue weighted by atomic mass is 10.3. The first-order valence-electron chi connectivity index (χ1n) is 7.52. The summed E-state index contributed by atoms with van der Waals surface area (Å²) in [5, 5.41) is 13.8. The van der Waals surface area contributed by atoms with Crippen LogP contribution in [0, 0.1) is 10.1 Å². The normalized spacial score (nSPS) is 13.2. The van der Waals surface area contributed by atoms with Gasteiger partial charge in [-0.1, -0.05) is 22.7 Å². The molecule has 10 heteroatoms. The fraction of sp³-hybridized carbons (Fsp3) is 0.125. The van der Waals surface area contributed by atoms with Crippen LogP contribution in [0.3, 0.4) is 0 Å². The molecule has 0 fully saturated rings. The largest absolute Gasteiger partial charge is 0.486 e. The Kier molecular flexibility index (Phi) is 4.27. The van der Waals surface area contributed by atoms with E-state index >= 15 is 0 Å². The Labute approximate surface area is 154 Å². The van der Waals surface area contributed by atoms with Crippen LogP contribution in [0.5, 0.6) is 11.5 Å². The number of hydrogen-bond acceptors (Lipinski definition) is 8. The molecular weight excluding hydrogens is 378 g/mol. The molecule has 0 spiro atoms. The fourth-order valence-electron chi connectivity index (χ4n) is 2.35. The average Bonchev–Trinajstić information content (AvgIpc) is 3.24. The molecule has 3 aromatic rings. The van der Waals surface area contributed by atoms with Gasteiger partial charge in [0.2, 0.25) is 5.91 Å². The van der Waals surface area contributed by atoms with Gasteiger partial charge >= 0.3 is 5.00 Å². The monoisotopic (exact) mass is 389 g/mol. The van der Waals surface area contributed by atoms with E-state index in [9.17, 15) is 14.9 Å². The van der Waals surface area contributed by atoms with E-state index in [0.29, 0.717) is 40.2 Å². The van der Waals surface area contributed by atoms with Crippen LogP contribution >= 0.6 is 22.7 Å². The number of carbonyl (C=O) groups is 1. The van der Waals surface area contributed by atoms with Crippen molar-refractivity contribution in [2.45, 2.75) is 0 Å². The van der Waals surface area contributed by atoms with Crippen molar-refractivity contribution in [3.05, 3.63) is 45.3 Å². The maximum absolute atomic E-state index is 12.0. The highest BCUT2D eigenvalue weighted by molar-refractivity contribution is 7.22. The first kappa shape index (κ1) is 16.5. The number of nitrogens with one attached hydrogen (secondary N) is 1. The van der Waals surface area contributed by atoms with Gasteiger partial charge < -0.3 is 9.47 Å². The van der Waals surface area contributed by atoms with Crippen molar-refractivity contribution >= 4 is 55.0 Å².